The average Bonchev–Trinajstić information content (AvgIpc) is 2.93. The maximum Gasteiger partial charge on any atom is 0.191 e. The lowest BCUT2D eigenvalue weighted by Crippen LogP contribution is -2.41. The molecule has 3 N–H and O–H groups in total. The number of fused-ring (bicyclic) bond motifs is 1. The molecule has 1 aromatic heterocycles. The fourth-order valence-electron chi connectivity index (χ4n) is 3.08. The molecule has 0 amide bonds. The maximum absolute atomic E-state index is 14.3. The second kappa shape index (κ2) is 7.80. The van der Waals surface area contributed by atoms with E-state index >= 15 is 0 Å². The second-order valence-corrected chi connectivity index (χ2v) is 13.7. The normalized spacial score (nSPS) is 12.6. The Hall–Kier alpha value is -2.38. The van der Waals surface area contributed by atoms with E-state index in [0.29, 0.717) is 24.5 Å². The van der Waals surface area contributed by atoms with E-state index in [0.717, 1.165) is 17.3 Å². The van der Waals surface area contributed by atoms with Gasteiger partial charge in [0.2, 0.25) is 0 Å². The lowest BCUT2D eigenvalue weighted by atomic mass is 10.0. The molecule has 0 aliphatic rings. The van der Waals surface area contributed by atoms with E-state index in [-0.39, 0.29) is 16.4 Å². The van der Waals surface area contributed by atoms with Crippen LogP contribution in [-0.4, -0.2) is 29.8 Å². The molecule has 29 heavy (non-hydrogen) atoms. The van der Waals surface area contributed by atoms with Crippen molar-refractivity contribution < 1.29 is 13.9 Å². The van der Waals surface area contributed by atoms with Crippen molar-refractivity contribution >= 4 is 25.0 Å². The first kappa shape index (κ1) is 21.3. The number of aryl methyl sites for hydroxylation is 1. The highest BCUT2D eigenvalue weighted by atomic mass is 28.4. The van der Waals surface area contributed by atoms with Gasteiger partial charge in [-0.25, -0.2) is 4.39 Å². The molecule has 156 valence electrons. The van der Waals surface area contributed by atoms with Gasteiger partial charge >= 0.3 is 0 Å². The third-order valence-corrected chi connectivity index (χ3v) is 10.4. The van der Waals surface area contributed by atoms with Crippen LogP contribution in [0, 0.1) is 5.82 Å². The number of hydrogen-bond donors (Lipinski definition) is 2. The number of nitrogen functional groups attached to an aromatic ring is 1. The van der Waals surface area contributed by atoms with E-state index < -0.39 is 14.1 Å². The van der Waals surface area contributed by atoms with E-state index in [1.807, 2.05) is 16.8 Å². The number of aromatic hydroxyl groups is 1. The number of nitrogens with zero attached hydrogens (tertiary/aromatic N) is 2. The van der Waals surface area contributed by atoms with Crippen LogP contribution in [0.5, 0.6) is 5.75 Å². The summed E-state index contributed by atoms with van der Waals surface area (Å²) in [5.74, 6) is -0.119. The molecule has 0 radical (unpaired) electrons. The largest absolute Gasteiger partial charge is 0.507 e. The van der Waals surface area contributed by atoms with Crippen molar-refractivity contribution in [3.63, 3.8) is 0 Å². The molecule has 1 heterocycles. The molecule has 0 saturated heterocycles. The minimum atomic E-state index is -1.78. The zero-order chi connectivity index (χ0) is 21.4. The van der Waals surface area contributed by atoms with Gasteiger partial charge in [-0.3, -0.25) is 4.68 Å². The van der Waals surface area contributed by atoms with Crippen LogP contribution >= 0.6 is 0 Å². The van der Waals surface area contributed by atoms with E-state index in [4.69, 9.17) is 10.2 Å². The second-order valence-electron chi connectivity index (χ2n) is 8.94. The average molecular weight is 416 g/mol. The Morgan fingerprint density at radius 2 is 1.93 bits per heavy atom. The van der Waals surface area contributed by atoms with Crippen molar-refractivity contribution in [2.45, 2.75) is 51.9 Å². The Balaban J connectivity index is 1.82. The monoisotopic (exact) mass is 415 g/mol. The van der Waals surface area contributed by atoms with Gasteiger partial charge in [-0.2, -0.15) is 5.10 Å². The first-order valence-corrected chi connectivity index (χ1v) is 12.8. The van der Waals surface area contributed by atoms with E-state index in [1.54, 1.807) is 6.07 Å². The number of nitrogens with two attached hydrogens (primary N) is 1. The molecule has 0 spiro atoms. The number of hydrogen-bond acceptors (Lipinski definition) is 4. The highest BCUT2D eigenvalue weighted by Gasteiger charge is 2.36. The summed E-state index contributed by atoms with van der Waals surface area (Å²) in [4.78, 5) is 0. The van der Waals surface area contributed by atoms with Gasteiger partial charge in [-0.1, -0.05) is 32.9 Å². The molecular formula is C22H30FN3O2Si. The van der Waals surface area contributed by atoms with Crippen LogP contribution < -0.4 is 5.73 Å². The van der Waals surface area contributed by atoms with E-state index in [1.165, 1.54) is 18.2 Å². The summed E-state index contributed by atoms with van der Waals surface area (Å²) in [5, 5.41) is 15.5. The van der Waals surface area contributed by atoms with Gasteiger partial charge in [-0.05, 0) is 54.4 Å². The predicted molar refractivity (Wildman–Crippen MR) is 119 cm³/mol. The Morgan fingerprint density at radius 3 is 2.59 bits per heavy atom. The molecule has 0 aliphatic carbocycles. The molecule has 3 rings (SSSR count). The van der Waals surface area contributed by atoms with Gasteiger partial charge < -0.3 is 15.3 Å². The minimum absolute atomic E-state index is 0.0915. The Morgan fingerprint density at radius 1 is 1.21 bits per heavy atom. The molecule has 0 unspecified atom stereocenters. The van der Waals surface area contributed by atoms with Crippen LogP contribution in [0.3, 0.4) is 0 Å². The Kier molecular flexibility index (Phi) is 5.74. The lowest BCUT2D eigenvalue weighted by molar-refractivity contribution is 0.273. The number of benzene rings is 2. The van der Waals surface area contributed by atoms with Gasteiger partial charge in [0.05, 0.1) is 11.1 Å². The zero-order valence-corrected chi connectivity index (χ0v) is 18.8. The summed E-state index contributed by atoms with van der Waals surface area (Å²) in [6.07, 6.45) is 0.803. The fourth-order valence-corrected chi connectivity index (χ4v) is 4.17. The SMILES string of the molecule is CC(C)(C)[Si](C)(C)OCCCn1nc(N)c2ccc(-c3c(O)cccc3F)cc21. The van der Waals surface area contributed by atoms with Crippen molar-refractivity contribution in [1.29, 1.82) is 0 Å². The molecule has 0 fully saturated rings. The summed E-state index contributed by atoms with van der Waals surface area (Å²) in [7, 11) is -1.78. The molecule has 0 aliphatic heterocycles. The lowest BCUT2D eigenvalue weighted by Gasteiger charge is -2.36. The first-order valence-electron chi connectivity index (χ1n) is 9.89. The Labute approximate surface area is 172 Å². The van der Waals surface area contributed by atoms with Crippen molar-refractivity contribution in [3.05, 3.63) is 42.2 Å². The van der Waals surface area contributed by atoms with Crippen molar-refractivity contribution in [2.75, 3.05) is 12.3 Å². The molecular weight excluding hydrogens is 385 g/mol. The molecule has 3 aromatic rings. The standard InChI is InChI=1S/C22H30FN3O2Si/c1-22(2,3)29(4,5)28-13-7-12-26-18-14-15(10-11-16(18)21(24)25-26)20-17(23)8-6-9-19(20)27/h6,8-11,14,27H,7,12-13H2,1-5H3,(H2,24,25). The number of anilines is 1. The van der Waals surface area contributed by atoms with Crippen LogP contribution in [0.15, 0.2) is 36.4 Å². The topological polar surface area (TPSA) is 73.3 Å². The number of aromatic nitrogens is 2. The smallest absolute Gasteiger partial charge is 0.191 e. The van der Waals surface area contributed by atoms with E-state index in [2.05, 4.69) is 39.0 Å². The number of halogens is 1. The minimum Gasteiger partial charge on any atom is -0.507 e. The summed E-state index contributed by atoms with van der Waals surface area (Å²) >= 11 is 0. The van der Waals surface area contributed by atoms with Gasteiger partial charge in [-0.15, -0.1) is 0 Å². The third kappa shape index (κ3) is 4.30. The third-order valence-electron chi connectivity index (χ3n) is 5.84. The van der Waals surface area contributed by atoms with Gasteiger partial charge in [0.25, 0.3) is 0 Å². The molecule has 7 heteroatoms. The van der Waals surface area contributed by atoms with Crippen LogP contribution in [-0.2, 0) is 11.0 Å². The summed E-state index contributed by atoms with van der Waals surface area (Å²) < 4.78 is 22.4. The highest BCUT2D eigenvalue weighted by Crippen LogP contribution is 2.37. The van der Waals surface area contributed by atoms with Gasteiger partial charge in [0.1, 0.15) is 11.6 Å². The van der Waals surface area contributed by atoms with Crippen LogP contribution in [0.25, 0.3) is 22.0 Å². The highest BCUT2D eigenvalue weighted by molar-refractivity contribution is 6.74. The Bertz CT molecular complexity index is 1000. The quantitative estimate of drug-likeness (QED) is 0.409. The van der Waals surface area contributed by atoms with Crippen LogP contribution in [0.4, 0.5) is 10.2 Å². The number of phenols is 1. The molecule has 0 saturated carbocycles. The summed E-state index contributed by atoms with van der Waals surface area (Å²) in [5.41, 5.74) is 7.66. The van der Waals surface area contributed by atoms with E-state index in [9.17, 15) is 9.50 Å². The van der Waals surface area contributed by atoms with Crippen molar-refractivity contribution in [3.8, 4) is 16.9 Å². The van der Waals surface area contributed by atoms with Crippen LogP contribution in [0.2, 0.25) is 18.1 Å². The number of phenolic OH excluding ortho intramolecular Hbond substituents is 1. The fraction of sp³-hybridized carbons (Fsp3) is 0.409. The summed E-state index contributed by atoms with van der Waals surface area (Å²) in [6.45, 7) is 12.4. The molecule has 2 aromatic carbocycles. The molecule has 5 nitrogen and oxygen atoms in total. The van der Waals surface area contributed by atoms with Crippen molar-refractivity contribution in [1.82, 2.24) is 9.78 Å². The maximum atomic E-state index is 14.3. The van der Waals surface area contributed by atoms with Crippen LogP contribution in [0.1, 0.15) is 27.2 Å². The van der Waals surface area contributed by atoms with Crippen molar-refractivity contribution in [2.24, 2.45) is 0 Å². The van der Waals surface area contributed by atoms with Gasteiger partial charge in [0, 0.05) is 18.5 Å². The predicted octanol–water partition coefficient (Wildman–Crippen LogP) is 5.54. The first-order chi connectivity index (χ1) is 13.5. The number of rotatable bonds is 6. The molecule has 0 bridgehead atoms. The summed E-state index contributed by atoms with van der Waals surface area (Å²) in [6, 6.07) is 9.70. The van der Waals surface area contributed by atoms with Gasteiger partial charge in [0.15, 0.2) is 14.1 Å². The zero-order valence-electron chi connectivity index (χ0n) is 17.8. The molecule has 0 atom stereocenters.